The molecule has 0 saturated heterocycles. The molecule has 0 spiro atoms. The lowest BCUT2D eigenvalue weighted by Gasteiger charge is -2.01. The summed E-state index contributed by atoms with van der Waals surface area (Å²) in [4.78, 5) is 0. The number of aliphatic hydroxyl groups is 1. The highest BCUT2D eigenvalue weighted by Crippen LogP contribution is 2.04. The molecule has 1 heteroatoms. The Morgan fingerprint density at radius 3 is 2.62 bits per heavy atom. The van der Waals surface area contributed by atoms with Crippen molar-refractivity contribution in [1.29, 1.82) is 0 Å². The van der Waals surface area contributed by atoms with E-state index < -0.39 is 0 Å². The molecule has 0 aromatic heterocycles. The van der Waals surface area contributed by atoms with E-state index in [9.17, 15) is 5.11 Å². The summed E-state index contributed by atoms with van der Waals surface area (Å²) in [7, 11) is 0. The first-order valence-electron chi connectivity index (χ1n) is 4.74. The maximum absolute atomic E-state index is 9.42. The first kappa shape index (κ1) is 10.0. The zero-order valence-electron chi connectivity index (χ0n) is 7.98. The summed E-state index contributed by atoms with van der Waals surface area (Å²) in [6.45, 7) is 2.07. The number of hydrogen-bond donors (Lipinski definition) is 1. The highest BCUT2D eigenvalue weighted by molar-refractivity contribution is 5.49. The summed E-state index contributed by atoms with van der Waals surface area (Å²) in [5.41, 5.74) is 1.14. The summed E-state index contributed by atoms with van der Waals surface area (Å²) >= 11 is 0. The monoisotopic (exact) mass is 176 g/mol. The van der Waals surface area contributed by atoms with Gasteiger partial charge in [-0.15, -0.1) is 0 Å². The molecular formula is C12H16O. The van der Waals surface area contributed by atoms with Crippen molar-refractivity contribution in [2.24, 2.45) is 0 Å². The van der Waals surface area contributed by atoms with Crippen LogP contribution in [0, 0.1) is 0 Å². The first-order chi connectivity index (χ1) is 6.33. The molecule has 1 nitrogen and oxygen atoms in total. The normalized spacial score (nSPS) is 13.4. The number of aliphatic hydroxyl groups excluding tert-OH is 1. The van der Waals surface area contributed by atoms with Gasteiger partial charge in [0, 0.05) is 0 Å². The predicted octanol–water partition coefficient (Wildman–Crippen LogP) is 2.86. The molecule has 70 valence electrons. The van der Waals surface area contributed by atoms with Gasteiger partial charge in [0.05, 0.1) is 6.10 Å². The molecule has 1 N–H and O–H groups in total. The van der Waals surface area contributed by atoms with Gasteiger partial charge in [-0.3, -0.25) is 0 Å². The first-order valence-corrected chi connectivity index (χ1v) is 4.74. The van der Waals surface area contributed by atoms with Crippen LogP contribution in [0.2, 0.25) is 0 Å². The van der Waals surface area contributed by atoms with Crippen molar-refractivity contribution in [3.63, 3.8) is 0 Å². The Morgan fingerprint density at radius 2 is 2.00 bits per heavy atom. The molecule has 1 aromatic rings. The fourth-order valence-corrected chi connectivity index (χ4v) is 1.18. The van der Waals surface area contributed by atoms with E-state index in [-0.39, 0.29) is 6.10 Å². The van der Waals surface area contributed by atoms with Crippen LogP contribution in [0.4, 0.5) is 0 Å². The van der Waals surface area contributed by atoms with Crippen LogP contribution in [0.5, 0.6) is 0 Å². The largest absolute Gasteiger partial charge is 0.389 e. The number of rotatable bonds is 4. The van der Waals surface area contributed by atoms with E-state index in [4.69, 9.17) is 0 Å². The Hall–Kier alpha value is -1.08. The molecule has 0 aliphatic rings. The van der Waals surface area contributed by atoms with Crippen LogP contribution in [-0.2, 0) is 0 Å². The molecule has 1 rings (SSSR count). The minimum Gasteiger partial charge on any atom is -0.389 e. The second kappa shape index (κ2) is 5.55. The molecule has 1 unspecified atom stereocenters. The molecular weight excluding hydrogens is 160 g/mol. The van der Waals surface area contributed by atoms with Gasteiger partial charge in [-0.1, -0.05) is 55.8 Å². The van der Waals surface area contributed by atoms with Crippen molar-refractivity contribution in [3.8, 4) is 0 Å². The maximum atomic E-state index is 9.42. The highest BCUT2D eigenvalue weighted by atomic mass is 16.3. The molecule has 0 amide bonds. The van der Waals surface area contributed by atoms with Crippen LogP contribution in [0.15, 0.2) is 36.4 Å². The van der Waals surface area contributed by atoms with Crippen molar-refractivity contribution in [2.75, 3.05) is 0 Å². The van der Waals surface area contributed by atoms with Gasteiger partial charge in [-0.2, -0.15) is 0 Å². The van der Waals surface area contributed by atoms with Gasteiger partial charge in [0.15, 0.2) is 0 Å². The Kier molecular flexibility index (Phi) is 4.27. The van der Waals surface area contributed by atoms with Gasteiger partial charge in [0.25, 0.3) is 0 Å². The molecule has 1 aromatic carbocycles. The fourth-order valence-electron chi connectivity index (χ4n) is 1.18. The summed E-state index contributed by atoms with van der Waals surface area (Å²) in [6, 6.07) is 10.0. The molecule has 0 aliphatic carbocycles. The van der Waals surface area contributed by atoms with E-state index >= 15 is 0 Å². The SMILES string of the molecule is CCCC(O)C=Cc1ccccc1. The Balaban J connectivity index is 2.49. The second-order valence-corrected chi connectivity index (χ2v) is 3.13. The zero-order chi connectivity index (χ0) is 9.52. The Morgan fingerprint density at radius 1 is 1.31 bits per heavy atom. The number of hydrogen-bond acceptors (Lipinski definition) is 1. The second-order valence-electron chi connectivity index (χ2n) is 3.13. The summed E-state index contributed by atoms with van der Waals surface area (Å²) in [6.07, 6.45) is 5.35. The van der Waals surface area contributed by atoms with Crippen LogP contribution < -0.4 is 0 Å². The average Bonchev–Trinajstić information content (AvgIpc) is 2.17. The van der Waals surface area contributed by atoms with E-state index in [0.29, 0.717) is 0 Å². The lowest BCUT2D eigenvalue weighted by Crippen LogP contribution is -1.99. The third kappa shape index (κ3) is 3.90. The lowest BCUT2D eigenvalue weighted by molar-refractivity contribution is 0.212. The molecule has 0 radical (unpaired) electrons. The van der Waals surface area contributed by atoms with Crippen LogP contribution in [0.1, 0.15) is 25.3 Å². The van der Waals surface area contributed by atoms with Gasteiger partial charge in [-0.25, -0.2) is 0 Å². The van der Waals surface area contributed by atoms with Gasteiger partial charge < -0.3 is 5.11 Å². The molecule has 13 heavy (non-hydrogen) atoms. The van der Waals surface area contributed by atoms with Gasteiger partial charge in [-0.05, 0) is 12.0 Å². The highest BCUT2D eigenvalue weighted by Gasteiger charge is 1.94. The third-order valence-corrected chi connectivity index (χ3v) is 1.89. The quantitative estimate of drug-likeness (QED) is 0.748. The van der Waals surface area contributed by atoms with Crippen molar-refractivity contribution in [1.82, 2.24) is 0 Å². The Labute approximate surface area is 79.7 Å². The van der Waals surface area contributed by atoms with Crippen LogP contribution >= 0.6 is 0 Å². The molecule has 0 heterocycles. The molecule has 0 bridgehead atoms. The smallest absolute Gasteiger partial charge is 0.0724 e. The molecule has 0 fully saturated rings. The predicted molar refractivity (Wildman–Crippen MR) is 56.4 cm³/mol. The summed E-state index contributed by atoms with van der Waals surface area (Å²) < 4.78 is 0. The van der Waals surface area contributed by atoms with E-state index in [2.05, 4.69) is 6.92 Å². The summed E-state index contributed by atoms with van der Waals surface area (Å²) in [5.74, 6) is 0. The van der Waals surface area contributed by atoms with Crippen molar-refractivity contribution < 1.29 is 5.11 Å². The van der Waals surface area contributed by atoms with Crippen LogP contribution in [0.3, 0.4) is 0 Å². The van der Waals surface area contributed by atoms with Crippen molar-refractivity contribution >= 4 is 6.08 Å². The topological polar surface area (TPSA) is 20.2 Å². The minimum absolute atomic E-state index is 0.301. The average molecular weight is 176 g/mol. The van der Waals surface area contributed by atoms with Crippen LogP contribution in [-0.4, -0.2) is 11.2 Å². The van der Waals surface area contributed by atoms with Gasteiger partial charge in [0.2, 0.25) is 0 Å². The van der Waals surface area contributed by atoms with E-state index in [1.54, 1.807) is 0 Å². The summed E-state index contributed by atoms with van der Waals surface area (Å²) in [5, 5.41) is 9.42. The molecule has 0 aliphatic heterocycles. The van der Waals surface area contributed by atoms with E-state index in [1.165, 1.54) is 0 Å². The fraction of sp³-hybridized carbons (Fsp3) is 0.333. The van der Waals surface area contributed by atoms with Crippen LogP contribution in [0.25, 0.3) is 6.08 Å². The maximum Gasteiger partial charge on any atom is 0.0724 e. The Bertz CT molecular complexity index is 251. The van der Waals surface area contributed by atoms with Crippen molar-refractivity contribution in [2.45, 2.75) is 25.9 Å². The standard InChI is InChI=1S/C12H16O/c1-2-6-12(13)10-9-11-7-4-3-5-8-11/h3-5,7-10,12-13H,2,6H2,1H3. The third-order valence-electron chi connectivity index (χ3n) is 1.89. The molecule has 1 atom stereocenters. The van der Waals surface area contributed by atoms with Gasteiger partial charge in [0.1, 0.15) is 0 Å². The zero-order valence-corrected chi connectivity index (χ0v) is 7.98. The van der Waals surface area contributed by atoms with Crippen molar-refractivity contribution in [3.05, 3.63) is 42.0 Å². The lowest BCUT2D eigenvalue weighted by atomic mass is 10.1. The van der Waals surface area contributed by atoms with E-state index in [1.807, 2.05) is 42.5 Å². The van der Waals surface area contributed by atoms with E-state index in [0.717, 1.165) is 18.4 Å². The minimum atomic E-state index is -0.301. The molecule has 0 saturated carbocycles. The number of benzene rings is 1. The van der Waals surface area contributed by atoms with Gasteiger partial charge >= 0.3 is 0 Å².